The zero-order chi connectivity index (χ0) is 16.4. The van der Waals surface area contributed by atoms with Crippen molar-refractivity contribution in [2.45, 2.75) is 6.61 Å². The summed E-state index contributed by atoms with van der Waals surface area (Å²) in [5.41, 5.74) is 1.16. The normalized spacial score (nSPS) is 10.7. The van der Waals surface area contributed by atoms with Crippen molar-refractivity contribution in [3.05, 3.63) is 65.4 Å². The van der Waals surface area contributed by atoms with Crippen LogP contribution in [0.4, 0.5) is 8.78 Å². The van der Waals surface area contributed by atoms with E-state index in [1.54, 1.807) is 0 Å². The van der Waals surface area contributed by atoms with Crippen molar-refractivity contribution in [3.63, 3.8) is 0 Å². The summed E-state index contributed by atoms with van der Waals surface area (Å²) in [5.74, 6) is -3.02. The van der Waals surface area contributed by atoms with Gasteiger partial charge in [0.25, 0.3) is 0 Å². The van der Waals surface area contributed by atoms with Crippen molar-refractivity contribution in [3.8, 4) is 5.75 Å². The van der Waals surface area contributed by atoms with E-state index in [1.807, 2.05) is 30.3 Å². The topological polar surface area (TPSA) is 51.3 Å². The molecule has 1 aromatic heterocycles. The van der Waals surface area contributed by atoms with Crippen LogP contribution in [0.25, 0.3) is 10.9 Å². The fourth-order valence-electron chi connectivity index (χ4n) is 2.28. The SMILES string of the molecule is COC(=O)c1cc2c(OCc3ccccc3)c(F)c(F)cc2[nH]1. The molecule has 0 saturated heterocycles. The molecule has 0 bridgehead atoms. The van der Waals surface area contributed by atoms with Crippen LogP contribution in [0.1, 0.15) is 16.1 Å². The van der Waals surface area contributed by atoms with Gasteiger partial charge in [0.05, 0.1) is 12.6 Å². The monoisotopic (exact) mass is 317 g/mol. The minimum Gasteiger partial charge on any atom is -0.485 e. The number of halogens is 2. The molecule has 0 saturated carbocycles. The highest BCUT2D eigenvalue weighted by molar-refractivity contribution is 5.97. The summed E-state index contributed by atoms with van der Waals surface area (Å²) in [4.78, 5) is 14.3. The summed E-state index contributed by atoms with van der Waals surface area (Å²) in [6, 6.07) is 11.5. The summed E-state index contributed by atoms with van der Waals surface area (Å²) in [6.07, 6.45) is 0. The molecular formula is C17H13F2NO3. The van der Waals surface area contributed by atoms with Gasteiger partial charge in [0.2, 0.25) is 5.82 Å². The number of carbonyl (C=O) groups is 1. The molecule has 2 aromatic carbocycles. The number of hydrogen-bond acceptors (Lipinski definition) is 3. The molecule has 0 fully saturated rings. The van der Waals surface area contributed by atoms with E-state index in [9.17, 15) is 13.6 Å². The Morgan fingerprint density at radius 3 is 2.61 bits per heavy atom. The molecule has 118 valence electrons. The number of ether oxygens (including phenoxy) is 2. The number of esters is 1. The summed E-state index contributed by atoms with van der Waals surface area (Å²) >= 11 is 0. The molecule has 0 aliphatic carbocycles. The van der Waals surface area contributed by atoms with Crippen LogP contribution in [0.3, 0.4) is 0 Å². The zero-order valence-electron chi connectivity index (χ0n) is 12.2. The first-order chi connectivity index (χ1) is 11.1. The molecule has 3 aromatic rings. The summed E-state index contributed by atoms with van der Waals surface area (Å²) in [6.45, 7) is 0.0784. The van der Waals surface area contributed by atoms with E-state index in [0.29, 0.717) is 0 Å². The predicted molar refractivity (Wildman–Crippen MR) is 80.3 cm³/mol. The first kappa shape index (κ1) is 15.0. The second-order valence-corrected chi connectivity index (χ2v) is 4.91. The molecule has 3 rings (SSSR count). The van der Waals surface area contributed by atoms with Gasteiger partial charge in [-0.25, -0.2) is 9.18 Å². The largest absolute Gasteiger partial charge is 0.485 e. The molecule has 0 aliphatic heterocycles. The van der Waals surface area contributed by atoms with Gasteiger partial charge in [0.1, 0.15) is 12.3 Å². The van der Waals surface area contributed by atoms with Gasteiger partial charge in [0, 0.05) is 11.5 Å². The lowest BCUT2D eigenvalue weighted by Gasteiger charge is -2.09. The number of aromatic nitrogens is 1. The van der Waals surface area contributed by atoms with E-state index in [1.165, 1.54) is 13.2 Å². The van der Waals surface area contributed by atoms with Crippen LogP contribution in [0.2, 0.25) is 0 Å². The molecular weight excluding hydrogens is 304 g/mol. The molecule has 1 N–H and O–H groups in total. The molecule has 6 heteroatoms. The van der Waals surface area contributed by atoms with Crippen molar-refractivity contribution in [1.82, 2.24) is 4.98 Å². The molecule has 0 spiro atoms. The maximum atomic E-state index is 14.1. The lowest BCUT2D eigenvalue weighted by molar-refractivity contribution is 0.0595. The molecule has 1 heterocycles. The van der Waals surface area contributed by atoms with E-state index in [-0.39, 0.29) is 29.0 Å². The van der Waals surface area contributed by atoms with E-state index in [0.717, 1.165) is 11.6 Å². The molecule has 4 nitrogen and oxygen atoms in total. The maximum Gasteiger partial charge on any atom is 0.354 e. The first-order valence-corrected chi connectivity index (χ1v) is 6.86. The van der Waals surface area contributed by atoms with Crippen LogP contribution in [-0.2, 0) is 11.3 Å². The van der Waals surface area contributed by atoms with Gasteiger partial charge >= 0.3 is 5.97 Å². The number of methoxy groups -OCH3 is 1. The van der Waals surface area contributed by atoms with E-state index >= 15 is 0 Å². The standard InChI is InChI=1S/C17H13F2NO3/c1-22-17(21)14-7-11-13(20-14)8-12(18)15(19)16(11)23-9-10-5-3-2-4-6-10/h2-8,20H,9H2,1H3. The number of rotatable bonds is 4. The highest BCUT2D eigenvalue weighted by Gasteiger charge is 2.19. The number of benzene rings is 2. The third-order valence-corrected chi connectivity index (χ3v) is 3.40. The maximum absolute atomic E-state index is 14.1. The Hall–Kier alpha value is -2.89. The van der Waals surface area contributed by atoms with Gasteiger partial charge in [-0.1, -0.05) is 30.3 Å². The Bertz CT molecular complexity index is 859. The van der Waals surface area contributed by atoms with Gasteiger partial charge in [-0.3, -0.25) is 0 Å². The number of carbonyl (C=O) groups excluding carboxylic acids is 1. The minimum absolute atomic E-state index is 0.0784. The number of H-pyrrole nitrogens is 1. The van der Waals surface area contributed by atoms with Crippen LogP contribution in [-0.4, -0.2) is 18.1 Å². The Morgan fingerprint density at radius 2 is 1.91 bits per heavy atom. The van der Waals surface area contributed by atoms with Gasteiger partial charge in [-0.05, 0) is 11.6 Å². The minimum atomic E-state index is -1.09. The average molecular weight is 317 g/mol. The Morgan fingerprint density at radius 1 is 1.17 bits per heavy atom. The lowest BCUT2D eigenvalue weighted by Crippen LogP contribution is -2.00. The van der Waals surface area contributed by atoms with Gasteiger partial charge in [-0.2, -0.15) is 4.39 Å². The summed E-state index contributed by atoms with van der Waals surface area (Å²) in [5, 5.41) is 0.278. The van der Waals surface area contributed by atoms with E-state index < -0.39 is 17.6 Å². The highest BCUT2D eigenvalue weighted by Crippen LogP contribution is 2.32. The first-order valence-electron chi connectivity index (χ1n) is 6.86. The van der Waals surface area contributed by atoms with Crippen molar-refractivity contribution >= 4 is 16.9 Å². The molecule has 0 amide bonds. The molecule has 0 radical (unpaired) electrons. The van der Waals surface area contributed by atoms with Crippen molar-refractivity contribution in [2.24, 2.45) is 0 Å². The number of fused-ring (bicyclic) bond motifs is 1. The Kier molecular flexibility index (Phi) is 3.97. The van der Waals surface area contributed by atoms with Crippen molar-refractivity contribution in [2.75, 3.05) is 7.11 Å². The quantitative estimate of drug-likeness (QED) is 0.744. The molecule has 0 atom stereocenters. The lowest BCUT2D eigenvalue weighted by atomic mass is 10.2. The van der Waals surface area contributed by atoms with Crippen LogP contribution in [0.5, 0.6) is 5.75 Å². The fourth-order valence-corrected chi connectivity index (χ4v) is 2.28. The summed E-state index contributed by atoms with van der Waals surface area (Å²) < 4.78 is 37.9. The Labute approximate surface area is 130 Å². The predicted octanol–water partition coefficient (Wildman–Crippen LogP) is 3.81. The fraction of sp³-hybridized carbons (Fsp3) is 0.118. The second-order valence-electron chi connectivity index (χ2n) is 4.91. The molecule has 23 heavy (non-hydrogen) atoms. The van der Waals surface area contributed by atoms with Crippen LogP contribution >= 0.6 is 0 Å². The number of aromatic amines is 1. The number of nitrogens with one attached hydrogen (secondary N) is 1. The van der Waals surface area contributed by atoms with Crippen LogP contribution in [0.15, 0.2) is 42.5 Å². The van der Waals surface area contributed by atoms with Crippen molar-refractivity contribution in [1.29, 1.82) is 0 Å². The highest BCUT2D eigenvalue weighted by atomic mass is 19.2. The van der Waals surface area contributed by atoms with E-state index in [2.05, 4.69) is 9.72 Å². The average Bonchev–Trinajstić information content (AvgIpc) is 2.99. The van der Waals surface area contributed by atoms with Crippen LogP contribution < -0.4 is 4.74 Å². The third kappa shape index (κ3) is 2.88. The number of hydrogen-bond donors (Lipinski definition) is 1. The Balaban J connectivity index is 2.01. The van der Waals surface area contributed by atoms with E-state index in [4.69, 9.17) is 4.74 Å². The summed E-state index contributed by atoms with van der Waals surface area (Å²) in [7, 11) is 1.22. The van der Waals surface area contributed by atoms with Crippen LogP contribution in [0, 0.1) is 11.6 Å². The third-order valence-electron chi connectivity index (χ3n) is 3.40. The van der Waals surface area contributed by atoms with Gasteiger partial charge < -0.3 is 14.5 Å². The zero-order valence-corrected chi connectivity index (χ0v) is 12.2. The molecule has 0 unspecified atom stereocenters. The van der Waals surface area contributed by atoms with Gasteiger partial charge in [0.15, 0.2) is 11.6 Å². The van der Waals surface area contributed by atoms with Crippen molar-refractivity contribution < 1.29 is 23.0 Å². The smallest absolute Gasteiger partial charge is 0.354 e. The second kappa shape index (κ2) is 6.08. The van der Waals surface area contributed by atoms with Gasteiger partial charge in [-0.15, -0.1) is 0 Å². The molecule has 0 aliphatic rings.